The van der Waals surface area contributed by atoms with Gasteiger partial charge in [0.1, 0.15) is 0 Å². The number of nitrogens with one attached hydrogen (secondary N) is 1. The zero-order valence-corrected chi connectivity index (χ0v) is 7.44. The molecule has 0 saturated carbocycles. The Hall–Kier alpha value is -0.980. The molecule has 0 fully saturated rings. The molecule has 60 valence electrons. The molecule has 0 saturated heterocycles. The van der Waals surface area contributed by atoms with E-state index >= 15 is 0 Å². The van der Waals surface area contributed by atoms with E-state index in [1.807, 2.05) is 13.2 Å². The molecule has 0 aliphatic heterocycles. The van der Waals surface area contributed by atoms with E-state index in [4.69, 9.17) is 0 Å². The first-order valence-corrected chi connectivity index (χ1v) is 3.96. The zero-order chi connectivity index (χ0) is 8.27. The molecule has 0 heterocycles. The summed E-state index contributed by atoms with van der Waals surface area (Å²) in [4.78, 5) is 0. The Labute approximate surface area is 68.5 Å². The second-order valence-corrected chi connectivity index (χ2v) is 2.93. The van der Waals surface area contributed by atoms with Crippen molar-refractivity contribution in [3.63, 3.8) is 0 Å². The van der Waals surface area contributed by atoms with Gasteiger partial charge in [-0.2, -0.15) is 0 Å². The molecule has 0 atom stereocenters. The van der Waals surface area contributed by atoms with Crippen LogP contribution in [0.4, 0.5) is 0 Å². The second kappa shape index (κ2) is 3.42. The number of hydrogen-bond donors (Lipinski definition) is 1. The van der Waals surface area contributed by atoms with Crippen LogP contribution in [-0.2, 0) is 0 Å². The maximum absolute atomic E-state index is 3.04. The van der Waals surface area contributed by atoms with E-state index in [-0.39, 0.29) is 0 Å². The average Bonchev–Trinajstić information content (AvgIpc) is 1.98. The number of rotatable bonds is 1. The summed E-state index contributed by atoms with van der Waals surface area (Å²) in [6, 6.07) is 0. The van der Waals surface area contributed by atoms with E-state index in [9.17, 15) is 0 Å². The van der Waals surface area contributed by atoms with Gasteiger partial charge in [-0.3, -0.25) is 0 Å². The summed E-state index contributed by atoms with van der Waals surface area (Å²) in [5.74, 6) is 0. The summed E-state index contributed by atoms with van der Waals surface area (Å²) in [5, 5.41) is 3.04. The van der Waals surface area contributed by atoms with Gasteiger partial charge < -0.3 is 5.32 Å². The van der Waals surface area contributed by atoms with Crippen molar-refractivity contribution in [1.29, 1.82) is 0 Å². The molecule has 0 unspecified atom stereocenters. The van der Waals surface area contributed by atoms with Crippen LogP contribution >= 0.6 is 0 Å². The van der Waals surface area contributed by atoms with Crippen LogP contribution in [0, 0.1) is 0 Å². The van der Waals surface area contributed by atoms with Crippen molar-refractivity contribution >= 4 is 0 Å². The van der Waals surface area contributed by atoms with Gasteiger partial charge in [0.25, 0.3) is 0 Å². The van der Waals surface area contributed by atoms with Crippen molar-refractivity contribution in [2.45, 2.75) is 20.3 Å². The van der Waals surface area contributed by atoms with Crippen molar-refractivity contribution in [3.05, 3.63) is 35.1 Å². The van der Waals surface area contributed by atoms with E-state index in [1.54, 1.807) is 0 Å². The molecule has 1 rings (SSSR count). The van der Waals surface area contributed by atoms with Crippen molar-refractivity contribution in [3.8, 4) is 0 Å². The summed E-state index contributed by atoms with van der Waals surface area (Å²) >= 11 is 0. The molecule has 1 N–H and O–H groups in total. The van der Waals surface area contributed by atoms with Crippen LogP contribution < -0.4 is 5.32 Å². The van der Waals surface area contributed by atoms with Gasteiger partial charge in [0, 0.05) is 7.05 Å². The molecule has 1 heteroatoms. The minimum absolute atomic E-state index is 1.06. The lowest BCUT2D eigenvalue weighted by Crippen LogP contribution is -1.98. The second-order valence-electron chi connectivity index (χ2n) is 2.93. The Kier molecular flexibility index (Phi) is 2.53. The minimum atomic E-state index is 1.06. The molecular formula is C10H15N. The monoisotopic (exact) mass is 149 g/mol. The first-order chi connectivity index (χ1) is 5.24. The van der Waals surface area contributed by atoms with E-state index in [0.29, 0.717) is 0 Å². The molecule has 1 aliphatic rings. The SMILES string of the molecule is CN/C=C1/C=C(C)C(C)=CC1. The predicted octanol–water partition coefficient (Wildman–Crippen LogP) is 2.39. The molecule has 0 aromatic rings. The summed E-state index contributed by atoms with van der Waals surface area (Å²) in [5.41, 5.74) is 4.13. The van der Waals surface area contributed by atoms with Gasteiger partial charge in [0.15, 0.2) is 0 Å². The van der Waals surface area contributed by atoms with Gasteiger partial charge in [0.05, 0.1) is 0 Å². The lowest BCUT2D eigenvalue weighted by Gasteiger charge is -2.10. The number of allylic oxidation sites excluding steroid dienone is 5. The summed E-state index contributed by atoms with van der Waals surface area (Å²) in [6.07, 6.45) is 7.60. The van der Waals surface area contributed by atoms with Gasteiger partial charge in [-0.1, -0.05) is 17.7 Å². The van der Waals surface area contributed by atoms with Crippen LogP contribution in [0.25, 0.3) is 0 Å². The largest absolute Gasteiger partial charge is 0.394 e. The van der Waals surface area contributed by atoms with Crippen LogP contribution in [0.15, 0.2) is 35.1 Å². The van der Waals surface area contributed by atoms with Gasteiger partial charge in [-0.05, 0) is 37.6 Å². The van der Waals surface area contributed by atoms with Gasteiger partial charge in [-0.25, -0.2) is 0 Å². The van der Waals surface area contributed by atoms with Crippen molar-refractivity contribution < 1.29 is 0 Å². The van der Waals surface area contributed by atoms with Crippen molar-refractivity contribution in [2.24, 2.45) is 0 Å². The van der Waals surface area contributed by atoms with E-state index in [2.05, 4.69) is 31.3 Å². The fourth-order valence-electron chi connectivity index (χ4n) is 1.17. The van der Waals surface area contributed by atoms with E-state index < -0.39 is 0 Å². The highest BCUT2D eigenvalue weighted by Gasteiger charge is 2.01. The topological polar surface area (TPSA) is 12.0 Å². The summed E-state index contributed by atoms with van der Waals surface area (Å²) in [6.45, 7) is 4.30. The third-order valence-electron chi connectivity index (χ3n) is 2.00. The van der Waals surface area contributed by atoms with E-state index in [0.717, 1.165) is 6.42 Å². The molecule has 0 spiro atoms. The Morgan fingerprint density at radius 3 is 2.64 bits per heavy atom. The third kappa shape index (κ3) is 1.97. The van der Waals surface area contributed by atoms with Gasteiger partial charge in [0.2, 0.25) is 0 Å². The van der Waals surface area contributed by atoms with Crippen molar-refractivity contribution in [2.75, 3.05) is 7.05 Å². The Morgan fingerprint density at radius 1 is 1.36 bits per heavy atom. The summed E-state index contributed by atoms with van der Waals surface area (Å²) in [7, 11) is 1.93. The van der Waals surface area contributed by atoms with Gasteiger partial charge >= 0.3 is 0 Å². The standard InChI is InChI=1S/C10H15N/c1-8-4-5-10(7-11-3)6-9(8)2/h4,6-7,11H,5H2,1-3H3/b10-7+. The van der Waals surface area contributed by atoms with Crippen LogP contribution in [0.5, 0.6) is 0 Å². The quantitative estimate of drug-likeness (QED) is 0.603. The first-order valence-electron chi connectivity index (χ1n) is 3.96. The van der Waals surface area contributed by atoms with Crippen molar-refractivity contribution in [1.82, 2.24) is 5.32 Å². The molecule has 1 aliphatic carbocycles. The molecule has 0 aromatic heterocycles. The molecule has 0 radical (unpaired) electrons. The average molecular weight is 149 g/mol. The van der Waals surface area contributed by atoms with Crippen LogP contribution in [0.2, 0.25) is 0 Å². The highest BCUT2D eigenvalue weighted by Crippen LogP contribution is 2.20. The Balaban J connectivity index is 2.77. The Morgan fingerprint density at radius 2 is 2.09 bits per heavy atom. The highest BCUT2D eigenvalue weighted by atomic mass is 14.8. The van der Waals surface area contributed by atoms with Crippen LogP contribution in [0.3, 0.4) is 0 Å². The Bertz CT molecular complexity index is 231. The van der Waals surface area contributed by atoms with Crippen LogP contribution in [-0.4, -0.2) is 7.05 Å². The normalized spacial score (nSPS) is 21.2. The lowest BCUT2D eigenvalue weighted by atomic mass is 9.97. The first kappa shape index (κ1) is 8.12. The number of hydrogen-bond acceptors (Lipinski definition) is 1. The smallest absolute Gasteiger partial charge is 0.00278 e. The molecule has 0 amide bonds. The fourth-order valence-corrected chi connectivity index (χ4v) is 1.17. The fraction of sp³-hybridized carbons (Fsp3) is 0.400. The van der Waals surface area contributed by atoms with Gasteiger partial charge in [-0.15, -0.1) is 0 Å². The molecule has 1 nitrogen and oxygen atoms in total. The molecular weight excluding hydrogens is 134 g/mol. The predicted molar refractivity (Wildman–Crippen MR) is 49.3 cm³/mol. The molecule has 0 aromatic carbocycles. The third-order valence-corrected chi connectivity index (χ3v) is 2.00. The highest BCUT2D eigenvalue weighted by molar-refractivity contribution is 5.40. The maximum Gasteiger partial charge on any atom is 0.00278 e. The molecule has 0 bridgehead atoms. The van der Waals surface area contributed by atoms with E-state index in [1.165, 1.54) is 16.7 Å². The molecule has 11 heavy (non-hydrogen) atoms. The zero-order valence-electron chi connectivity index (χ0n) is 7.44. The lowest BCUT2D eigenvalue weighted by molar-refractivity contribution is 1.05. The summed E-state index contributed by atoms with van der Waals surface area (Å²) < 4.78 is 0. The minimum Gasteiger partial charge on any atom is -0.394 e. The maximum atomic E-state index is 3.04. The van der Waals surface area contributed by atoms with Crippen LogP contribution in [0.1, 0.15) is 20.3 Å².